The van der Waals surface area contributed by atoms with Gasteiger partial charge in [-0.05, 0) is 12.1 Å². The molecule has 96 valence electrons. The van der Waals surface area contributed by atoms with Gasteiger partial charge in [-0.3, -0.25) is 9.36 Å². The van der Waals surface area contributed by atoms with Crippen LogP contribution in [0.3, 0.4) is 0 Å². The van der Waals surface area contributed by atoms with Crippen molar-refractivity contribution >= 4 is 44.8 Å². The second-order valence-electron chi connectivity index (χ2n) is 3.86. The Hall–Kier alpha value is -1.43. The molecule has 0 atom stereocenters. The molecule has 7 heteroatoms. The van der Waals surface area contributed by atoms with Gasteiger partial charge in [0.05, 0.1) is 23.1 Å². The summed E-state index contributed by atoms with van der Waals surface area (Å²) in [7, 11) is 0. The van der Waals surface area contributed by atoms with Gasteiger partial charge in [0, 0.05) is 0 Å². The molecule has 19 heavy (non-hydrogen) atoms. The average molecular weight is 312 g/mol. The molecule has 0 N–H and O–H groups in total. The van der Waals surface area contributed by atoms with Crippen LogP contribution in [0.1, 0.15) is 5.01 Å². The Labute approximate surface area is 122 Å². The second kappa shape index (κ2) is 4.92. The number of nitrogens with zero attached hydrogens (tertiary/aromatic N) is 3. The summed E-state index contributed by atoms with van der Waals surface area (Å²) in [6, 6.07) is 7.81. The molecule has 0 saturated heterocycles. The van der Waals surface area contributed by atoms with Crippen LogP contribution in [0.5, 0.6) is 0 Å². The Bertz CT molecular complexity index is 779. The van der Waals surface area contributed by atoms with Gasteiger partial charge in [-0.25, -0.2) is 9.97 Å². The Morgan fingerprint density at radius 3 is 2.84 bits per heavy atom. The molecule has 0 fully saturated rings. The zero-order valence-electron chi connectivity index (χ0n) is 9.51. The van der Waals surface area contributed by atoms with Gasteiger partial charge in [0.25, 0.3) is 5.56 Å². The number of fused-ring (bicyclic) bond motifs is 1. The molecule has 0 aliphatic heterocycles. The van der Waals surface area contributed by atoms with Crippen LogP contribution in [0.2, 0.25) is 10.2 Å². The third-order valence-electron chi connectivity index (χ3n) is 2.58. The summed E-state index contributed by atoms with van der Waals surface area (Å²) < 4.78 is 2.48. The van der Waals surface area contributed by atoms with Gasteiger partial charge < -0.3 is 0 Å². The lowest BCUT2D eigenvalue weighted by molar-refractivity contribution is 0.733. The molecular formula is C12H7Cl2N3OS. The zero-order valence-corrected chi connectivity index (χ0v) is 11.8. The molecule has 2 heterocycles. The van der Waals surface area contributed by atoms with Gasteiger partial charge >= 0.3 is 0 Å². The highest BCUT2D eigenvalue weighted by Crippen LogP contribution is 2.22. The summed E-state index contributed by atoms with van der Waals surface area (Å²) in [5, 5.41) is 0.779. The largest absolute Gasteiger partial charge is 0.291 e. The van der Waals surface area contributed by atoms with Gasteiger partial charge in [-0.2, -0.15) is 0 Å². The molecule has 0 aliphatic rings. The third-order valence-corrected chi connectivity index (χ3v) is 4.33. The van der Waals surface area contributed by atoms with Crippen molar-refractivity contribution in [3.63, 3.8) is 0 Å². The Morgan fingerprint density at radius 1 is 1.26 bits per heavy atom. The number of hydrogen-bond donors (Lipinski definition) is 0. The predicted octanol–water partition coefficient (Wildman–Crippen LogP) is 3.21. The van der Waals surface area contributed by atoms with E-state index in [1.165, 1.54) is 22.2 Å². The summed E-state index contributed by atoms with van der Waals surface area (Å²) >= 11 is 13.0. The molecule has 3 aromatic rings. The van der Waals surface area contributed by atoms with E-state index in [9.17, 15) is 4.79 Å². The zero-order chi connectivity index (χ0) is 13.4. The molecule has 0 bridgehead atoms. The first-order valence-electron chi connectivity index (χ1n) is 5.40. The van der Waals surface area contributed by atoms with Crippen molar-refractivity contribution in [2.75, 3.05) is 0 Å². The van der Waals surface area contributed by atoms with Crippen molar-refractivity contribution in [2.45, 2.75) is 6.54 Å². The quantitative estimate of drug-likeness (QED) is 0.683. The van der Waals surface area contributed by atoms with E-state index in [-0.39, 0.29) is 15.7 Å². The lowest BCUT2D eigenvalue weighted by Crippen LogP contribution is -2.21. The first kappa shape index (κ1) is 12.6. The molecule has 0 unspecified atom stereocenters. The number of hydrogen-bond acceptors (Lipinski definition) is 4. The Morgan fingerprint density at radius 2 is 2.05 bits per heavy atom. The minimum atomic E-state index is -0.360. The van der Waals surface area contributed by atoms with Gasteiger partial charge in [0.2, 0.25) is 0 Å². The Balaban J connectivity index is 2.01. The highest BCUT2D eigenvalue weighted by atomic mass is 35.5. The minimum absolute atomic E-state index is 0.0206. The molecule has 0 saturated carbocycles. The van der Waals surface area contributed by atoms with E-state index in [2.05, 4.69) is 9.97 Å². The molecule has 3 rings (SSSR count). The summed E-state index contributed by atoms with van der Waals surface area (Å²) in [5.74, 6) is 0. The number of rotatable bonds is 2. The van der Waals surface area contributed by atoms with Crippen LogP contribution in [0, 0.1) is 0 Å². The Kier molecular flexibility index (Phi) is 3.26. The van der Waals surface area contributed by atoms with Crippen LogP contribution >= 0.6 is 34.5 Å². The van der Waals surface area contributed by atoms with E-state index in [0.717, 1.165) is 15.2 Å². The minimum Gasteiger partial charge on any atom is -0.291 e. The molecule has 1 aromatic carbocycles. The first-order valence-corrected chi connectivity index (χ1v) is 6.97. The van der Waals surface area contributed by atoms with Crippen molar-refractivity contribution in [3.05, 3.63) is 56.1 Å². The molecule has 2 aromatic heterocycles. The van der Waals surface area contributed by atoms with E-state index in [0.29, 0.717) is 6.54 Å². The van der Waals surface area contributed by atoms with E-state index < -0.39 is 0 Å². The van der Waals surface area contributed by atoms with Crippen LogP contribution in [-0.2, 0) is 6.54 Å². The SMILES string of the molecule is O=c1c(Cl)c(Cl)ncn1Cc1nc2ccccc2s1. The summed E-state index contributed by atoms with van der Waals surface area (Å²) in [4.78, 5) is 20.2. The van der Waals surface area contributed by atoms with Gasteiger partial charge in [0.15, 0.2) is 5.15 Å². The normalized spacial score (nSPS) is 11.1. The first-order chi connectivity index (χ1) is 9.15. The van der Waals surface area contributed by atoms with Crippen molar-refractivity contribution in [1.82, 2.24) is 14.5 Å². The van der Waals surface area contributed by atoms with Crippen LogP contribution in [0.4, 0.5) is 0 Å². The van der Waals surface area contributed by atoms with Crippen molar-refractivity contribution in [3.8, 4) is 0 Å². The fourth-order valence-corrected chi connectivity index (χ4v) is 2.94. The number of aromatic nitrogens is 3. The van der Waals surface area contributed by atoms with Crippen molar-refractivity contribution in [1.29, 1.82) is 0 Å². The van der Waals surface area contributed by atoms with Crippen molar-refractivity contribution in [2.24, 2.45) is 0 Å². The standard InChI is InChI=1S/C12H7Cl2N3OS/c13-10-11(14)15-6-17(12(10)18)5-9-16-7-3-1-2-4-8(7)19-9/h1-4,6H,5H2. The maximum absolute atomic E-state index is 11.9. The van der Waals surface area contributed by atoms with E-state index in [4.69, 9.17) is 23.2 Å². The van der Waals surface area contributed by atoms with Crippen LogP contribution in [0.25, 0.3) is 10.2 Å². The molecule has 4 nitrogen and oxygen atoms in total. The maximum Gasteiger partial charge on any atom is 0.274 e. The van der Waals surface area contributed by atoms with Gasteiger partial charge in [-0.1, -0.05) is 35.3 Å². The summed E-state index contributed by atoms with van der Waals surface area (Å²) in [6.07, 6.45) is 1.38. The van der Waals surface area contributed by atoms with Gasteiger partial charge in [0.1, 0.15) is 10.0 Å². The van der Waals surface area contributed by atoms with Gasteiger partial charge in [-0.15, -0.1) is 11.3 Å². The van der Waals surface area contributed by atoms with E-state index in [1.807, 2.05) is 24.3 Å². The smallest absolute Gasteiger partial charge is 0.274 e. The molecule has 0 radical (unpaired) electrons. The summed E-state index contributed by atoms with van der Waals surface area (Å²) in [5.41, 5.74) is 0.560. The second-order valence-corrected chi connectivity index (χ2v) is 5.71. The lowest BCUT2D eigenvalue weighted by atomic mass is 10.3. The molecule has 0 spiro atoms. The molecular weight excluding hydrogens is 305 g/mol. The highest BCUT2D eigenvalue weighted by molar-refractivity contribution is 7.18. The lowest BCUT2D eigenvalue weighted by Gasteiger charge is -2.03. The van der Waals surface area contributed by atoms with E-state index >= 15 is 0 Å². The predicted molar refractivity (Wildman–Crippen MR) is 77.2 cm³/mol. The fraction of sp³-hybridized carbons (Fsp3) is 0.0833. The maximum atomic E-state index is 11.9. The molecule has 0 aliphatic carbocycles. The average Bonchev–Trinajstić information content (AvgIpc) is 2.82. The van der Waals surface area contributed by atoms with E-state index in [1.54, 1.807) is 0 Å². The third kappa shape index (κ3) is 2.36. The number of benzene rings is 1. The number of thiazole rings is 1. The van der Waals surface area contributed by atoms with Crippen LogP contribution < -0.4 is 5.56 Å². The van der Waals surface area contributed by atoms with Crippen LogP contribution in [0.15, 0.2) is 35.4 Å². The topological polar surface area (TPSA) is 47.8 Å². The summed E-state index contributed by atoms with van der Waals surface area (Å²) in [6.45, 7) is 0.335. The fourth-order valence-electron chi connectivity index (χ4n) is 1.69. The number of halogens is 2. The highest BCUT2D eigenvalue weighted by Gasteiger charge is 2.10. The van der Waals surface area contributed by atoms with Crippen LogP contribution in [-0.4, -0.2) is 14.5 Å². The number of para-hydroxylation sites is 1. The van der Waals surface area contributed by atoms with Crippen molar-refractivity contribution < 1.29 is 0 Å². The molecule has 0 amide bonds. The monoisotopic (exact) mass is 311 g/mol.